The summed E-state index contributed by atoms with van der Waals surface area (Å²) in [7, 11) is 0. The predicted octanol–water partition coefficient (Wildman–Crippen LogP) is 1.78. The molecule has 1 aromatic heterocycles. The molecule has 4 nitrogen and oxygen atoms in total. The van der Waals surface area contributed by atoms with Gasteiger partial charge in [0.25, 0.3) is 0 Å². The molecule has 0 aromatic carbocycles. The van der Waals surface area contributed by atoms with E-state index in [-0.39, 0.29) is 11.8 Å². The Hall–Kier alpha value is -1.58. The highest BCUT2D eigenvalue weighted by atomic mass is 16.1. The Morgan fingerprint density at radius 2 is 2.33 bits per heavy atom. The van der Waals surface area contributed by atoms with Gasteiger partial charge in [-0.3, -0.25) is 4.79 Å². The smallest absolute Gasteiger partial charge is 0.229 e. The third-order valence-corrected chi connectivity index (χ3v) is 2.67. The molecule has 1 atom stereocenters. The lowest BCUT2D eigenvalue weighted by Gasteiger charge is -2.08. The van der Waals surface area contributed by atoms with Gasteiger partial charge in [-0.1, -0.05) is 6.92 Å². The summed E-state index contributed by atoms with van der Waals surface area (Å²) in [6.07, 6.45) is 0.839. The number of aromatic nitrogens is 1. The molecule has 80 valence electrons. The van der Waals surface area contributed by atoms with Crippen LogP contribution in [-0.2, 0) is 4.79 Å². The highest BCUT2D eigenvalue weighted by molar-refractivity contribution is 5.96. The zero-order valence-corrected chi connectivity index (χ0v) is 9.00. The fourth-order valence-electron chi connectivity index (χ4n) is 1.67. The Bertz CT molecular complexity index is 389. The average molecular weight is 205 g/mol. The van der Waals surface area contributed by atoms with Crippen molar-refractivity contribution in [2.75, 3.05) is 17.2 Å². The minimum atomic E-state index is 0.0273. The van der Waals surface area contributed by atoms with E-state index in [1.54, 1.807) is 0 Å². The van der Waals surface area contributed by atoms with Crippen molar-refractivity contribution in [2.24, 2.45) is 5.92 Å². The van der Waals surface area contributed by atoms with Crippen LogP contribution in [0.25, 0.3) is 0 Å². The lowest BCUT2D eigenvalue weighted by Crippen LogP contribution is -2.24. The summed E-state index contributed by atoms with van der Waals surface area (Å²) < 4.78 is 0. The summed E-state index contributed by atoms with van der Waals surface area (Å²) in [5.74, 6) is 0.883. The standard InChI is InChI=1S/C11H15N3O/c1-3-8-6-12-10-9(14-11(8)15)5-4-7(2)13-10/h4-5,8H,3,6H2,1-2H3,(H,12,13)(H,14,15). The zero-order valence-electron chi connectivity index (χ0n) is 9.00. The molecule has 0 saturated heterocycles. The Balaban J connectivity index is 2.31. The number of fused-ring (bicyclic) bond motifs is 1. The molecular weight excluding hydrogens is 190 g/mol. The monoisotopic (exact) mass is 205 g/mol. The third kappa shape index (κ3) is 1.93. The first-order valence-electron chi connectivity index (χ1n) is 5.23. The van der Waals surface area contributed by atoms with E-state index in [0.29, 0.717) is 6.54 Å². The highest BCUT2D eigenvalue weighted by Gasteiger charge is 2.21. The summed E-state index contributed by atoms with van der Waals surface area (Å²) in [4.78, 5) is 16.1. The molecule has 0 fully saturated rings. The minimum Gasteiger partial charge on any atom is -0.368 e. The second kappa shape index (κ2) is 3.88. The SMILES string of the molecule is CCC1CNc2nc(C)ccc2NC1=O. The van der Waals surface area contributed by atoms with E-state index in [9.17, 15) is 4.79 Å². The van der Waals surface area contributed by atoms with E-state index in [4.69, 9.17) is 0 Å². The van der Waals surface area contributed by atoms with Gasteiger partial charge in [-0.15, -0.1) is 0 Å². The molecular formula is C11H15N3O. The number of amides is 1. The lowest BCUT2D eigenvalue weighted by atomic mass is 10.1. The molecule has 1 amide bonds. The average Bonchev–Trinajstić information content (AvgIpc) is 2.36. The number of hydrogen-bond acceptors (Lipinski definition) is 3. The van der Waals surface area contributed by atoms with Crippen LogP contribution in [0.5, 0.6) is 0 Å². The van der Waals surface area contributed by atoms with Crippen LogP contribution in [-0.4, -0.2) is 17.4 Å². The molecule has 0 spiro atoms. The molecule has 0 bridgehead atoms. The summed E-state index contributed by atoms with van der Waals surface area (Å²) in [6, 6.07) is 3.79. The van der Waals surface area contributed by atoms with Crippen LogP contribution in [0.2, 0.25) is 0 Å². The number of rotatable bonds is 1. The summed E-state index contributed by atoms with van der Waals surface area (Å²) >= 11 is 0. The molecule has 1 unspecified atom stereocenters. The largest absolute Gasteiger partial charge is 0.368 e. The van der Waals surface area contributed by atoms with Crippen molar-refractivity contribution >= 4 is 17.4 Å². The van der Waals surface area contributed by atoms with Crippen LogP contribution in [0, 0.1) is 12.8 Å². The van der Waals surface area contributed by atoms with E-state index < -0.39 is 0 Å². The van der Waals surface area contributed by atoms with Crippen molar-refractivity contribution in [1.29, 1.82) is 0 Å². The number of carbonyl (C=O) groups excluding carboxylic acids is 1. The topological polar surface area (TPSA) is 54.0 Å². The van der Waals surface area contributed by atoms with Crippen molar-refractivity contribution in [3.05, 3.63) is 17.8 Å². The van der Waals surface area contributed by atoms with Crippen molar-refractivity contribution in [1.82, 2.24) is 4.98 Å². The highest BCUT2D eigenvalue weighted by Crippen LogP contribution is 2.24. The van der Waals surface area contributed by atoms with Gasteiger partial charge in [0.2, 0.25) is 5.91 Å². The van der Waals surface area contributed by atoms with Crippen LogP contribution in [0.15, 0.2) is 12.1 Å². The molecule has 1 aliphatic rings. The zero-order chi connectivity index (χ0) is 10.8. The van der Waals surface area contributed by atoms with Gasteiger partial charge >= 0.3 is 0 Å². The Kier molecular flexibility index (Phi) is 2.58. The van der Waals surface area contributed by atoms with E-state index in [1.807, 2.05) is 26.0 Å². The number of pyridine rings is 1. The van der Waals surface area contributed by atoms with Crippen LogP contribution in [0.1, 0.15) is 19.0 Å². The van der Waals surface area contributed by atoms with Crippen LogP contribution in [0.4, 0.5) is 11.5 Å². The van der Waals surface area contributed by atoms with Crippen LogP contribution < -0.4 is 10.6 Å². The molecule has 1 aromatic rings. The van der Waals surface area contributed by atoms with Crippen molar-refractivity contribution in [3.63, 3.8) is 0 Å². The molecule has 0 aliphatic carbocycles. The van der Waals surface area contributed by atoms with Gasteiger partial charge in [0.1, 0.15) is 5.82 Å². The number of aryl methyl sites for hydroxylation is 1. The van der Waals surface area contributed by atoms with Gasteiger partial charge in [0.15, 0.2) is 0 Å². The number of anilines is 2. The molecule has 2 heterocycles. The maximum Gasteiger partial charge on any atom is 0.229 e. The number of hydrogen-bond donors (Lipinski definition) is 2. The minimum absolute atomic E-state index is 0.0273. The Morgan fingerprint density at radius 1 is 1.53 bits per heavy atom. The summed E-state index contributed by atoms with van der Waals surface area (Å²) in [5.41, 5.74) is 1.73. The van der Waals surface area contributed by atoms with E-state index in [0.717, 1.165) is 23.6 Å². The second-order valence-corrected chi connectivity index (χ2v) is 3.82. The molecule has 0 radical (unpaired) electrons. The van der Waals surface area contributed by atoms with Crippen LogP contribution >= 0.6 is 0 Å². The van der Waals surface area contributed by atoms with Gasteiger partial charge in [-0.25, -0.2) is 4.98 Å². The normalized spacial score (nSPS) is 19.9. The van der Waals surface area contributed by atoms with E-state index in [2.05, 4.69) is 15.6 Å². The Morgan fingerprint density at radius 3 is 3.07 bits per heavy atom. The molecule has 2 N–H and O–H groups in total. The van der Waals surface area contributed by atoms with Crippen LogP contribution in [0.3, 0.4) is 0 Å². The molecule has 2 rings (SSSR count). The fraction of sp³-hybridized carbons (Fsp3) is 0.455. The number of carbonyl (C=O) groups is 1. The van der Waals surface area contributed by atoms with Gasteiger partial charge < -0.3 is 10.6 Å². The first-order valence-corrected chi connectivity index (χ1v) is 5.23. The van der Waals surface area contributed by atoms with Crippen molar-refractivity contribution in [2.45, 2.75) is 20.3 Å². The Labute approximate surface area is 89.1 Å². The summed E-state index contributed by atoms with van der Waals surface area (Å²) in [5, 5.41) is 6.09. The third-order valence-electron chi connectivity index (χ3n) is 2.67. The first-order chi connectivity index (χ1) is 7.20. The first kappa shape index (κ1) is 9.96. The fourth-order valence-corrected chi connectivity index (χ4v) is 1.67. The molecule has 15 heavy (non-hydrogen) atoms. The maximum atomic E-state index is 11.7. The van der Waals surface area contributed by atoms with Gasteiger partial charge in [0.05, 0.1) is 11.6 Å². The molecule has 4 heteroatoms. The second-order valence-electron chi connectivity index (χ2n) is 3.82. The lowest BCUT2D eigenvalue weighted by molar-refractivity contribution is -0.119. The van der Waals surface area contributed by atoms with Gasteiger partial charge in [-0.2, -0.15) is 0 Å². The van der Waals surface area contributed by atoms with Crippen molar-refractivity contribution < 1.29 is 4.79 Å². The predicted molar refractivity (Wildman–Crippen MR) is 59.9 cm³/mol. The van der Waals surface area contributed by atoms with E-state index >= 15 is 0 Å². The van der Waals surface area contributed by atoms with Gasteiger partial charge in [0, 0.05) is 12.2 Å². The van der Waals surface area contributed by atoms with Crippen molar-refractivity contribution in [3.8, 4) is 0 Å². The molecule has 0 saturated carbocycles. The van der Waals surface area contributed by atoms with Gasteiger partial charge in [-0.05, 0) is 25.5 Å². The van der Waals surface area contributed by atoms with E-state index in [1.165, 1.54) is 0 Å². The number of nitrogens with one attached hydrogen (secondary N) is 2. The maximum absolute atomic E-state index is 11.7. The number of nitrogens with zero attached hydrogens (tertiary/aromatic N) is 1. The summed E-state index contributed by atoms with van der Waals surface area (Å²) in [6.45, 7) is 4.61. The molecule has 1 aliphatic heterocycles. The quantitative estimate of drug-likeness (QED) is 0.734.